The largest absolute Gasteiger partial charge is 0.333 e. The third-order valence-electron chi connectivity index (χ3n) is 3.16. The molecule has 0 aliphatic carbocycles. The second-order valence-electron chi connectivity index (χ2n) is 4.39. The summed E-state index contributed by atoms with van der Waals surface area (Å²) in [6.07, 6.45) is 2.07. The fraction of sp³-hybridized carbons (Fsp3) is 0.636. The van der Waals surface area contributed by atoms with Gasteiger partial charge in [-0.05, 0) is 18.8 Å². The Morgan fingerprint density at radius 2 is 2.33 bits per heavy atom. The van der Waals surface area contributed by atoms with Crippen molar-refractivity contribution in [3.05, 3.63) is 16.6 Å². The minimum Gasteiger partial charge on any atom is -0.333 e. The fourth-order valence-electron chi connectivity index (χ4n) is 2.21. The zero-order valence-corrected chi connectivity index (χ0v) is 12.7. The van der Waals surface area contributed by atoms with Crippen molar-refractivity contribution >= 4 is 42.1 Å². The van der Waals surface area contributed by atoms with Gasteiger partial charge in [0.05, 0.1) is 5.51 Å². The summed E-state index contributed by atoms with van der Waals surface area (Å²) >= 11 is 1.45. The monoisotopic (exact) mass is 311 g/mol. The Balaban J connectivity index is 0.00000144. The molecule has 2 atom stereocenters. The molecule has 0 bridgehead atoms. The van der Waals surface area contributed by atoms with Crippen molar-refractivity contribution in [3.8, 4) is 0 Å². The summed E-state index contributed by atoms with van der Waals surface area (Å²) in [6, 6.07) is 0.179. The van der Waals surface area contributed by atoms with Gasteiger partial charge in [0.15, 0.2) is 0 Å². The van der Waals surface area contributed by atoms with Crippen molar-refractivity contribution in [2.45, 2.75) is 25.8 Å². The van der Waals surface area contributed by atoms with E-state index in [0.717, 1.165) is 19.4 Å². The predicted molar refractivity (Wildman–Crippen MR) is 78.9 cm³/mol. The number of nitrogens with zero attached hydrogens (tertiary/aromatic N) is 2. The molecule has 0 aromatic carbocycles. The summed E-state index contributed by atoms with van der Waals surface area (Å²) in [4.78, 5) is 18.1. The standard InChI is InChI=1S/C11H17N3OS.2ClH/c1-8-2-3-14(9(4-8)5-12)11(15)10-6-16-7-13-10;;/h6-9H,2-5,12H2,1H3;2*1H. The first-order valence-electron chi connectivity index (χ1n) is 5.61. The molecule has 1 aliphatic rings. The first-order chi connectivity index (χ1) is 7.72. The van der Waals surface area contributed by atoms with Gasteiger partial charge in [-0.1, -0.05) is 6.92 Å². The van der Waals surface area contributed by atoms with Gasteiger partial charge in [0.1, 0.15) is 5.69 Å². The summed E-state index contributed by atoms with van der Waals surface area (Å²) in [7, 11) is 0. The lowest BCUT2D eigenvalue weighted by atomic mass is 9.92. The normalized spacial score (nSPS) is 22.9. The lowest BCUT2D eigenvalue weighted by Gasteiger charge is -2.37. The van der Waals surface area contributed by atoms with E-state index in [9.17, 15) is 4.79 Å². The lowest BCUT2D eigenvalue weighted by Crippen LogP contribution is -2.49. The van der Waals surface area contributed by atoms with E-state index in [2.05, 4.69) is 11.9 Å². The van der Waals surface area contributed by atoms with Gasteiger partial charge >= 0.3 is 0 Å². The van der Waals surface area contributed by atoms with Crippen molar-refractivity contribution in [3.63, 3.8) is 0 Å². The summed E-state index contributed by atoms with van der Waals surface area (Å²) in [5, 5.41) is 1.80. The number of hydrogen-bond acceptors (Lipinski definition) is 4. The van der Waals surface area contributed by atoms with Crippen LogP contribution in [0.15, 0.2) is 10.9 Å². The molecule has 1 fully saturated rings. The maximum Gasteiger partial charge on any atom is 0.273 e. The van der Waals surface area contributed by atoms with Gasteiger partial charge in [-0.3, -0.25) is 4.79 Å². The lowest BCUT2D eigenvalue weighted by molar-refractivity contribution is 0.0568. The minimum atomic E-state index is 0. The Bertz CT molecular complexity index is 361. The molecular weight excluding hydrogens is 293 g/mol. The van der Waals surface area contributed by atoms with Gasteiger partial charge in [-0.2, -0.15) is 0 Å². The number of carbonyl (C=O) groups excluding carboxylic acids is 1. The Hall–Kier alpha value is -0.360. The quantitative estimate of drug-likeness (QED) is 0.910. The predicted octanol–water partition coefficient (Wildman–Crippen LogP) is 2.19. The van der Waals surface area contributed by atoms with Crippen LogP contribution in [-0.2, 0) is 0 Å². The zero-order valence-electron chi connectivity index (χ0n) is 10.2. The van der Waals surface area contributed by atoms with Crippen LogP contribution in [-0.4, -0.2) is 34.9 Å². The van der Waals surface area contributed by atoms with Crippen molar-refractivity contribution < 1.29 is 4.79 Å². The van der Waals surface area contributed by atoms with Crippen molar-refractivity contribution in [1.82, 2.24) is 9.88 Å². The van der Waals surface area contributed by atoms with Crippen LogP contribution in [0, 0.1) is 5.92 Å². The van der Waals surface area contributed by atoms with Crippen LogP contribution < -0.4 is 5.73 Å². The van der Waals surface area contributed by atoms with Crippen molar-refractivity contribution in [1.29, 1.82) is 0 Å². The van der Waals surface area contributed by atoms with E-state index in [1.165, 1.54) is 11.3 Å². The average molecular weight is 312 g/mol. The Kier molecular flexibility index (Phi) is 7.78. The molecule has 104 valence electrons. The number of thiazole rings is 1. The maximum absolute atomic E-state index is 12.2. The molecule has 2 heterocycles. The fourth-order valence-corrected chi connectivity index (χ4v) is 2.73. The number of carbonyl (C=O) groups is 1. The molecular formula is C11H19Cl2N3OS. The molecule has 2 N–H and O–H groups in total. The summed E-state index contributed by atoms with van der Waals surface area (Å²) in [5.74, 6) is 0.691. The van der Waals surface area contributed by atoms with Crippen LogP contribution in [0.2, 0.25) is 0 Å². The topological polar surface area (TPSA) is 59.2 Å². The molecule has 2 rings (SSSR count). The Morgan fingerprint density at radius 3 is 2.89 bits per heavy atom. The molecule has 7 heteroatoms. The van der Waals surface area contributed by atoms with E-state index in [0.29, 0.717) is 18.2 Å². The van der Waals surface area contributed by atoms with Crippen LogP contribution in [0.25, 0.3) is 0 Å². The smallest absolute Gasteiger partial charge is 0.273 e. The number of amides is 1. The number of piperidine rings is 1. The van der Waals surface area contributed by atoms with Gasteiger partial charge in [0.25, 0.3) is 5.91 Å². The van der Waals surface area contributed by atoms with E-state index in [1.807, 2.05) is 4.90 Å². The molecule has 0 saturated carbocycles. The van der Waals surface area contributed by atoms with E-state index >= 15 is 0 Å². The highest BCUT2D eigenvalue weighted by Crippen LogP contribution is 2.23. The van der Waals surface area contributed by atoms with Gasteiger partial charge < -0.3 is 10.6 Å². The highest BCUT2D eigenvalue weighted by atomic mass is 35.5. The van der Waals surface area contributed by atoms with E-state index < -0.39 is 0 Å². The van der Waals surface area contributed by atoms with Crippen LogP contribution in [0.5, 0.6) is 0 Å². The number of halogens is 2. The van der Waals surface area contributed by atoms with Gasteiger partial charge in [0.2, 0.25) is 0 Å². The highest BCUT2D eigenvalue weighted by molar-refractivity contribution is 7.07. The first kappa shape index (κ1) is 17.6. The van der Waals surface area contributed by atoms with Crippen LogP contribution >= 0.6 is 36.2 Å². The minimum absolute atomic E-state index is 0. The van der Waals surface area contributed by atoms with Crippen LogP contribution in [0.1, 0.15) is 30.3 Å². The molecule has 1 amide bonds. The average Bonchev–Trinajstić information content (AvgIpc) is 2.81. The molecule has 0 spiro atoms. The molecule has 0 radical (unpaired) electrons. The second kappa shape index (κ2) is 7.94. The van der Waals surface area contributed by atoms with E-state index in [4.69, 9.17) is 5.73 Å². The zero-order chi connectivity index (χ0) is 11.5. The van der Waals surface area contributed by atoms with Crippen molar-refractivity contribution in [2.75, 3.05) is 13.1 Å². The summed E-state index contributed by atoms with van der Waals surface area (Å²) in [6.45, 7) is 3.56. The maximum atomic E-state index is 12.2. The molecule has 1 saturated heterocycles. The van der Waals surface area contributed by atoms with Crippen LogP contribution in [0.4, 0.5) is 0 Å². The second-order valence-corrected chi connectivity index (χ2v) is 5.11. The Labute approximate surface area is 124 Å². The number of rotatable bonds is 2. The number of likely N-dealkylation sites (tertiary alicyclic amines) is 1. The molecule has 1 aromatic heterocycles. The molecule has 18 heavy (non-hydrogen) atoms. The Morgan fingerprint density at radius 1 is 1.61 bits per heavy atom. The third-order valence-corrected chi connectivity index (χ3v) is 3.75. The SMILES string of the molecule is CC1CCN(C(=O)c2cscn2)C(CN)C1.Cl.Cl. The molecule has 2 unspecified atom stereocenters. The van der Waals surface area contributed by atoms with Crippen LogP contribution in [0.3, 0.4) is 0 Å². The number of aromatic nitrogens is 1. The van der Waals surface area contributed by atoms with Gasteiger partial charge in [-0.25, -0.2) is 4.98 Å². The van der Waals surface area contributed by atoms with Gasteiger partial charge in [-0.15, -0.1) is 36.2 Å². The number of nitrogens with two attached hydrogens (primary N) is 1. The molecule has 4 nitrogen and oxygen atoms in total. The van der Waals surface area contributed by atoms with Gasteiger partial charge in [0, 0.05) is 24.5 Å². The summed E-state index contributed by atoms with van der Waals surface area (Å²) in [5.41, 5.74) is 7.98. The molecule has 1 aliphatic heterocycles. The first-order valence-corrected chi connectivity index (χ1v) is 6.56. The van der Waals surface area contributed by atoms with Crippen molar-refractivity contribution in [2.24, 2.45) is 11.7 Å². The number of hydrogen-bond donors (Lipinski definition) is 1. The highest BCUT2D eigenvalue weighted by Gasteiger charge is 2.30. The summed E-state index contributed by atoms with van der Waals surface area (Å²) < 4.78 is 0. The third kappa shape index (κ3) is 3.82. The molecule has 1 aromatic rings. The van der Waals surface area contributed by atoms with E-state index in [-0.39, 0.29) is 36.8 Å². The van der Waals surface area contributed by atoms with E-state index in [1.54, 1.807) is 10.9 Å².